The Balaban J connectivity index is 2.42. The maximum absolute atomic E-state index is 11.8. The van der Waals surface area contributed by atoms with Crippen molar-refractivity contribution in [2.75, 3.05) is 7.11 Å². The second kappa shape index (κ2) is 5.40. The molecule has 0 aromatic heterocycles. The van der Waals surface area contributed by atoms with E-state index in [-0.39, 0.29) is 11.8 Å². The van der Waals surface area contributed by atoms with Gasteiger partial charge in [-0.15, -0.1) is 0 Å². The Hall–Kier alpha value is -1.88. The van der Waals surface area contributed by atoms with E-state index in [1.54, 1.807) is 14.0 Å². The van der Waals surface area contributed by atoms with Crippen molar-refractivity contribution in [3.05, 3.63) is 41.1 Å². The summed E-state index contributed by atoms with van der Waals surface area (Å²) in [7, 11) is 1.62. The quantitative estimate of drug-likeness (QED) is 0.828. The average Bonchev–Trinajstić information content (AvgIpc) is 2.37. The van der Waals surface area contributed by atoms with Crippen molar-refractivity contribution >= 4 is 23.1 Å². The second-order valence-electron chi connectivity index (χ2n) is 4.40. The van der Waals surface area contributed by atoms with Crippen LogP contribution in [0.25, 0.3) is 0 Å². The second-order valence-corrected chi connectivity index (χ2v) is 4.81. The van der Waals surface area contributed by atoms with Gasteiger partial charge in [0.2, 0.25) is 0 Å². The Kier molecular flexibility index (Phi) is 3.85. The molecule has 1 aliphatic rings. The molecule has 0 fully saturated rings. The van der Waals surface area contributed by atoms with Gasteiger partial charge in [-0.2, -0.15) is 0 Å². The van der Waals surface area contributed by atoms with Crippen LogP contribution in [0.1, 0.15) is 25.5 Å². The third-order valence-electron chi connectivity index (χ3n) is 3.10. The zero-order valence-corrected chi connectivity index (χ0v) is 11.9. The Morgan fingerprint density at radius 3 is 2.47 bits per heavy atom. The van der Waals surface area contributed by atoms with Crippen LogP contribution in [0.4, 0.5) is 0 Å². The lowest BCUT2D eigenvalue weighted by atomic mass is 9.93. The smallest absolute Gasteiger partial charge is 0.171 e. The zero-order valence-electron chi connectivity index (χ0n) is 11.1. The lowest BCUT2D eigenvalue weighted by molar-refractivity contribution is -0.114. The van der Waals surface area contributed by atoms with E-state index < -0.39 is 0 Å². The number of benzene rings is 1. The summed E-state index contributed by atoms with van der Waals surface area (Å²) < 4.78 is 5.14. The van der Waals surface area contributed by atoms with Gasteiger partial charge in [0.25, 0.3) is 0 Å². The molecule has 1 aliphatic heterocycles. The first-order chi connectivity index (χ1) is 9.02. The number of thiocarbonyl (C=S) groups is 1. The number of ether oxygens (including phenoxy) is 1. The van der Waals surface area contributed by atoms with Gasteiger partial charge in [-0.1, -0.05) is 12.1 Å². The van der Waals surface area contributed by atoms with Crippen LogP contribution in [-0.2, 0) is 4.79 Å². The molecule has 0 spiro atoms. The molecular formula is C14H16N2O2S. The number of carbonyl (C=O) groups is 1. The van der Waals surface area contributed by atoms with Crippen molar-refractivity contribution in [3.8, 4) is 5.75 Å². The lowest BCUT2D eigenvalue weighted by Crippen LogP contribution is -2.44. The Labute approximate surface area is 117 Å². The van der Waals surface area contributed by atoms with E-state index in [0.29, 0.717) is 10.7 Å². The van der Waals surface area contributed by atoms with Gasteiger partial charge in [0.1, 0.15) is 5.75 Å². The van der Waals surface area contributed by atoms with E-state index in [9.17, 15) is 4.79 Å². The van der Waals surface area contributed by atoms with Crippen molar-refractivity contribution in [1.82, 2.24) is 10.6 Å². The summed E-state index contributed by atoms with van der Waals surface area (Å²) in [5.74, 6) is 0.811. The first-order valence-corrected chi connectivity index (χ1v) is 6.37. The highest BCUT2D eigenvalue weighted by Crippen LogP contribution is 2.28. The van der Waals surface area contributed by atoms with Gasteiger partial charge in [-0.3, -0.25) is 4.79 Å². The third kappa shape index (κ3) is 2.76. The van der Waals surface area contributed by atoms with Gasteiger partial charge in [0.15, 0.2) is 10.9 Å². The number of carbonyl (C=O) groups excluding carboxylic acids is 1. The van der Waals surface area contributed by atoms with Gasteiger partial charge in [0, 0.05) is 11.3 Å². The first kappa shape index (κ1) is 13.5. The molecule has 0 unspecified atom stereocenters. The minimum Gasteiger partial charge on any atom is -0.497 e. The van der Waals surface area contributed by atoms with Crippen LogP contribution in [0, 0.1) is 0 Å². The molecule has 19 heavy (non-hydrogen) atoms. The fourth-order valence-corrected chi connectivity index (χ4v) is 2.48. The molecule has 5 heteroatoms. The molecule has 1 atom stereocenters. The topological polar surface area (TPSA) is 50.4 Å². The molecule has 0 radical (unpaired) electrons. The van der Waals surface area contributed by atoms with Crippen LogP contribution in [0.3, 0.4) is 0 Å². The summed E-state index contributed by atoms with van der Waals surface area (Å²) in [6.45, 7) is 3.42. The summed E-state index contributed by atoms with van der Waals surface area (Å²) in [5.41, 5.74) is 2.49. The molecular weight excluding hydrogens is 260 g/mol. The minimum absolute atomic E-state index is 0.0285. The van der Waals surface area contributed by atoms with Crippen molar-refractivity contribution < 1.29 is 9.53 Å². The van der Waals surface area contributed by atoms with Crippen molar-refractivity contribution in [2.24, 2.45) is 0 Å². The maximum Gasteiger partial charge on any atom is 0.171 e. The van der Waals surface area contributed by atoms with E-state index in [2.05, 4.69) is 10.6 Å². The molecule has 0 aliphatic carbocycles. The normalized spacial score (nSPS) is 18.7. The Bertz CT molecular complexity index is 549. The largest absolute Gasteiger partial charge is 0.497 e. The van der Waals surface area contributed by atoms with E-state index in [1.807, 2.05) is 31.2 Å². The van der Waals surface area contributed by atoms with E-state index in [0.717, 1.165) is 17.0 Å². The predicted molar refractivity (Wildman–Crippen MR) is 78.0 cm³/mol. The molecule has 1 aromatic rings. The van der Waals surface area contributed by atoms with Crippen LogP contribution in [0.2, 0.25) is 0 Å². The molecule has 1 aromatic carbocycles. The van der Waals surface area contributed by atoms with Crippen LogP contribution in [0.15, 0.2) is 35.5 Å². The molecule has 0 bridgehead atoms. The summed E-state index contributed by atoms with van der Waals surface area (Å²) in [6, 6.07) is 7.39. The summed E-state index contributed by atoms with van der Waals surface area (Å²) in [5, 5.41) is 6.65. The zero-order chi connectivity index (χ0) is 14.0. The molecule has 0 saturated heterocycles. The maximum atomic E-state index is 11.8. The number of hydrogen-bond acceptors (Lipinski definition) is 3. The van der Waals surface area contributed by atoms with E-state index in [4.69, 9.17) is 17.0 Å². The highest BCUT2D eigenvalue weighted by atomic mass is 32.1. The monoisotopic (exact) mass is 276 g/mol. The van der Waals surface area contributed by atoms with Gasteiger partial charge in [-0.25, -0.2) is 0 Å². The molecule has 100 valence electrons. The molecule has 0 amide bonds. The number of ketones is 1. The van der Waals surface area contributed by atoms with Crippen molar-refractivity contribution in [3.63, 3.8) is 0 Å². The van der Waals surface area contributed by atoms with E-state index in [1.165, 1.54) is 0 Å². The summed E-state index contributed by atoms with van der Waals surface area (Å²) in [6.07, 6.45) is 0. The minimum atomic E-state index is -0.211. The Morgan fingerprint density at radius 1 is 1.32 bits per heavy atom. The molecule has 4 nitrogen and oxygen atoms in total. The lowest BCUT2D eigenvalue weighted by Gasteiger charge is -2.29. The Morgan fingerprint density at radius 2 is 1.95 bits per heavy atom. The summed E-state index contributed by atoms with van der Waals surface area (Å²) in [4.78, 5) is 11.8. The van der Waals surface area contributed by atoms with Gasteiger partial charge < -0.3 is 15.4 Å². The number of methoxy groups -OCH3 is 1. The fraction of sp³-hybridized carbons (Fsp3) is 0.286. The van der Waals surface area contributed by atoms with Crippen LogP contribution in [0.5, 0.6) is 5.75 Å². The first-order valence-electron chi connectivity index (χ1n) is 5.96. The highest BCUT2D eigenvalue weighted by Gasteiger charge is 2.27. The van der Waals surface area contributed by atoms with Crippen LogP contribution in [-0.4, -0.2) is 18.0 Å². The SMILES string of the molecule is COc1ccc([C@@H]2NC(=S)NC(C)=C2C(C)=O)cc1. The number of Topliss-reactive ketones (excluding diaryl/α,β-unsaturated/α-hetero) is 1. The molecule has 2 N–H and O–H groups in total. The highest BCUT2D eigenvalue weighted by molar-refractivity contribution is 7.80. The number of rotatable bonds is 3. The molecule has 1 heterocycles. The van der Waals surface area contributed by atoms with E-state index >= 15 is 0 Å². The van der Waals surface area contributed by atoms with Crippen molar-refractivity contribution in [1.29, 1.82) is 0 Å². The standard InChI is InChI=1S/C14H16N2O2S/c1-8-12(9(2)17)13(16-14(19)15-8)10-4-6-11(18-3)7-5-10/h4-7,13H,1-3H3,(H2,15,16,19)/t13-/m0/s1. The fourth-order valence-electron chi connectivity index (χ4n) is 2.21. The molecule has 0 saturated carbocycles. The van der Waals surface area contributed by atoms with Gasteiger partial charge >= 0.3 is 0 Å². The van der Waals surface area contributed by atoms with Crippen LogP contribution < -0.4 is 15.4 Å². The van der Waals surface area contributed by atoms with Gasteiger partial charge in [0.05, 0.1) is 13.2 Å². The van der Waals surface area contributed by atoms with Gasteiger partial charge in [-0.05, 0) is 43.8 Å². The molecule has 2 rings (SSSR count). The summed E-state index contributed by atoms with van der Waals surface area (Å²) >= 11 is 5.16. The number of hydrogen-bond donors (Lipinski definition) is 2. The third-order valence-corrected chi connectivity index (χ3v) is 3.32. The van der Waals surface area contributed by atoms with Crippen LogP contribution >= 0.6 is 12.2 Å². The number of nitrogens with one attached hydrogen (secondary N) is 2. The average molecular weight is 276 g/mol. The predicted octanol–water partition coefficient (Wildman–Crippen LogP) is 2.08. The van der Waals surface area contributed by atoms with Crippen molar-refractivity contribution in [2.45, 2.75) is 19.9 Å². The number of allylic oxidation sites excluding steroid dienone is 1.